The van der Waals surface area contributed by atoms with Crippen molar-refractivity contribution in [2.24, 2.45) is 5.92 Å². The van der Waals surface area contributed by atoms with E-state index in [9.17, 15) is 18.7 Å². The highest BCUT2D eigenvalue weighted by Gasteiger charge is 2.45. The van der Waals surface area contributed by atoms with Crippen LogP contribution in [0.5, 0.6) is 0 Å². The number of amides is 1. The number of nitrogens with zero attached hydrogens (tertiary/aromatic N) is 1. The van der Waals surface area contributed by atoms with Crippen molar-refractivity contribution in [1.29, 1.82) is 0 Å². The van der Waals surface area contributed by atoms with Crippen LogP contribution in [-0.4, -0.2) is 16.0 Å². The Labute approximate surface area is 125 Å². The number of carbonyl (C=O) groups is 1. The Morgan fingerprint density at radius 2 is 2.18 bits per heavy atom. The third-order valence-electron chi connectivity index (χ3n) is 3.83. The average Bonchev–Trinajstić information content (AvgIpc) is 3.28. The lowest BCUT2D eigenvalue weighted by Crippen LogP contribution is -2.16. The Kier molecular flexibility index (Phi) is 3.85. The van der Waals surface area contributed by atoms with Crippen LogP contribution in [0, 0.1) is 17.6 Å². The van der Waals surface area contributed by atoms with Crippen molar-refractivity contribution >= 4 is 11.6 Å². The fraction of sp³-hybridized carbons (Fsp3) is 0.250. The average molecular weight is 304 g/mol. The Hall–Kier alpha value is -2.34. The lowest BCUT2D eigenvalue weighted by molar-refractivity contribution is -0.117. The van der Waals surface area contributed by atoms with E-state index in [0.29, 0.717) is 23.2 Å². The first-order valence-corrected chi connectivity index (χ1v) is 6.89. The summed E-state index contributed by atoms with van der Waals surface area (Å²) in [7, 11) is 0. The van der Waals surface area contributed by atoms with Gasteiger partial charge in [-0.2, -0.15) is 0 Å². The number of hydrogen-bond donors (Lipinski definition) is 2. The van der Waals surface area contributed by atoms with Gasteiger partial charge in [0, 0.05) is 23.7 Å². The minimum Gasteiger partial charge on any atom is -0.392 e. The molecule has 2 aromatic rings. The molecule has 6 heteroatoms. The fourth-order valence-corrected chi connectivity index (χ4v) is 2.53. The molecule has 0 spiro atoms. The van der Waals surface area contributed by atoms with Gasteiger partial charge in [-0.05, 0) is 30.0 Å². The molecule has 1 aliphatic carbocycles. The smallest absolute Gasteiger partial charge is 0.228 e. The summed E-state index contributed by atoms with van der Waals surface area (Å²) in [6, 6.07) is 5.01. The van der Waals surface area contributed by atoms with Crippen LogP contribution in [0.1, 0.15) is 23.5 Å². The number of benzene rings is 1. The van der Waals surface area contributed by atoms with Crippen LogP contribution in [0.25, 0.3) is 0 Å². The van der Waals surface area contributed by atoms with Crippen LogP contribution in [0.2, 0.25) is 0 Å². The number of aromatic nitrogens is 1. The lowest BCUT2D eigenvalue weighted by Gasteiger charge is -2.08. The lowest BCUT2D eigenvalue weighted by atomic mass is 10.1. The third kappa shape index (κ3) is 2.82. The van der Waals surface area contributed by atoms with E-state index < -0.39 is 11.6 Å². The van der Waals surface area contributed by atoms with Gasteiger partial charge in [0.05, 0.1) is 18.5 Å². The van der Waals surface area contributed by atoms with Gasteiger partial charge in [-0.25, -0.2) is 8.78 Å². The minimum absolute atomic E-state index is 0.210. The molecule has 1 aromatic carbocycles. The molecule has 1 saturated carbocycles. The van der Waals surface area contributed by atoms with Crippen molar-refractivity contribution in [3.05, 3.63) is 59.4 Å². The number of carbonyl (C=O) groups excluding carboxylic acids is 1. The van der Waals surface area contributed by atoms with Gasteiger partial charge >= 0.3 is 0 Å². The molecule has 3 rings (SSSR count). The maximum Gasteiger partial charge on any atom is 0.228 e. The highest BCUT2D eigenvalue weighted by atomic mass is 19.1. The summed E-state index contributed by atoms with van der Waals surface area (Å²) in [4.78, 5) is 16.1. The largest absolute Gasteiger partial charge is 0.392 e. The second-order valence-electron chi connectivity index (χ2n) is 5.29. The molecule has 0 radical (unpaired) electrons. The van der Waals surface area contributed by atoms with E-state index in [1.807, 2.05) is 0 Å². The summed E-state index contributed by atoms with van der Waals surface area (Å²) in [6.07, 6.45) is 3.50. The van der Waals surface area contributed by atoms with E-state index in [0.717, 1.165) is 6.07 Å². The first kappa shape index (κ1) is 14.6. The topological polar surface area (TPSA) is 62.2 Å². The van der Waals surface area contributed by atoms with Crippen LogP contribution in [0.4, 0.5) is 14.5 Å². The van der Waals surface area contributed by atoms with E-state index in [2.05, 4.69) is 10.3 Å². The number of rotatable bonds is 4. The zero-order chi connectivity index (χ0) is 15.7. The summed E-state index contributed by atoms with van der Waals surface area (Å²) in [5.74, 6) is -2.11. The monoisotopic (exact) mass is 304 g/mol. The zero-order valence-corrected chi connectivity index (χ0v) is 11.6. The SMILES string of the molecule is O=C(Nc1cnccc1CO)C1CC1c1ccc(F)cc1F. The highest BCUT2D eigenvalue weighted by molar-refractivity contribution is 5.95. The van der Waals surface area contributed by atoms with Gasteiger partial charge in [-0.1, -0.05) is 6.07 Å². The molecule has 0 aliphatic heterocycles. The first-order valence-electron chi connectivity index (χ1n) is 6.89. The van der Waals surface area contributed by atoms with Crippen molar-refractivity contribution < 1.29 is 18.7 Å². The number of aliphatic hydroxyl groups is 1. The van der Waals surface area contributed by atoms with E-state index in [1.165, 1.54) is 24.5 Å². The van der Waals surface area contributed by atoms with E-state index in [-0.39, 0.29) is 24.3 Å². The summed E-state index contributed by atoms with van der Waals surface area (Å²) < 4.78 is 26.6. The Morgan fingerprint density at radius 3 is 2.91 bits per heavy atom. The molecular weight excluding hydrogens is 290 g/mol. The number of nitrogens with one attached hydrogen (secondary N) is 1. The summed E-state index contributed by atoms with van der Waals surface area (Å²) in [5.41, 5.74) is 1.36. The maximum atomic E-state index is 13.7. The van der Waals surface area contributed by atoms with Crippen LogP contribution in [-0.2, 0) is 11.4 Å². The van der Waals surface area contributed by atoms with E-state index in [4.69, 9.17) is 0 Å². The van der Waals surface area contributed by atoms with E-state index in [1.54, 1.807) is 6.07 Å². The van der Waals surface area contributed by atoms with Crippen molar-refractivity contribution in [2.75, 3.05) is 5.32 Å². The van der Waals surface area contributed by atoms with Crippen molar-refractivity contribution in [3.8, 4) is 0 Å². The van der Waals surface area contributed by atoms with Gasteiger partial charge in [0.25, 0.3) is 0 Å². The van der Waals surface area contributed by atoms with Crippen molar-refractivity contribution in [2.45, 2.75) is 18.9 Å². The summed E-state index contributed by atoms with van der Waals surface area (Å²) in [6.45, 7) is -0.210. The summed E-state index contributed by atoms with van der Waals surface area (Å²) in [5, 5.41) is 11.9. The molecule has 1 aliphatic rings. The van der Waals surface area contributed by atoms with Gasteiger partial charge in [0.15, 0.2) is 0 Å². The van der Waals surface area contributed by atoms with Gasteiger partial charge in [-0.15, -0.1) is 0 Å². The molecule has 0 saturated heterocycles. The van der Waals surface area contributed by atoms with Gasteiger partial charge < -0.3 is 10.4 Å². The Balaban J connectivity index is 1.70. The van der Waals surface area contributed by atoms with E-state index >= 15 is 0 Å². The number of aliphatic hydroxyl groups excluding tert-OH is 1. The normalized spacial score (nSPS) is 19.8. The first-order chi connectivity index (χ1) is 10.6. The zero-order valence-electron chi connectivity index (χ0n) is 11.6. The van der Waals surface area contributed by atoms with Crippen LogP contribution >= 0.6 is 0 Å². The van der Waals surface area contributed by atoms with Crippen LogP contribution < -0.4 is 5.32 Å². The molecule has 114 valence electrons. The molecular formula is C16H14F2N2O2. The van der Waals surface area contributed by atoms with Crippen LogP contribution in [0.15, 0.2) is 36.7 Å². The fourth-order valence-electron chi connectivity index (χ4n) is 2.53. The molecule has 2 N–H and O–H groups in total. The molecule has 2 atom stereocenters. The predicted molar refractivity (Wildman–Crippen MR) is 76.0 cm³/mol. The number of halogens is 2. The highest BCUT2D eigenvalue weighted by Crippen LogP contribution is 2.48. The molecule has 2 unspecified atom stereocenters. The number of anilines is 1. The third-order valence-corrected chi connectivity index (χ3v) is 3.83. The second kappa shape index (κ2) is 5.81. The molecule has 4 nitrogen and oxygen atoms in total. The Bertz CT molecular complexity index is 721. The molecule has 1 amide bonds. The van der Waals surface area contributed by atoms with Gasteiger partial charge in [-0.3, -0.25) is 9.78 Å². The summed E-state index contributed by atoms with van der Waals surface area (Å²) >= 11 is 0. The molecule has 1 aromatic heterocycles. The standard InChI is InChI=1S/C16H14F2N2O2/c17-10-1-2-11(14(18)5-10)12-6-13(12)16(22)20-15-7-19-4-3-9(15)8-21/h1-5,7,12-13,21H,6,8H2,(H,20,22). The number of pyridine rings is 1. The van der Waals surface area contributed by atoms with Crippen molar-refractivity contribution in [1.82, 2.24) is 4.98 Å². The number of hydrogen-bond acceptors (Lipinski definition) is 3. The van der Waals surface area contributed by atoms with Crippen molar-refractivity contribution in [3.63, 3.8) is 0 Å². The maximum absolute atomic E-state index is 13.7. The molecule has 1 fully saturated rings. The van der Waals surface area contributed by atoms with Gasteiger partial charge in [0.1, 0.15) is 11.6 Å². The van der Waals surface area contributed by atoms with Crippen LogP contribution in [0.3, 0.4) is 0 Å². The van der Waals surface area contributed by atoms with Gasteiger partial charge in [0.2, 0.25) is 5.91 Å². The molecule has 0 bridgehead atoms. The Morgan fingerprint density at radius 1 is 1.36 bits per heavy atom. The second-order valence-corrected chi connectivity index (χ2v) is 5.29. The quantitative estimate of drug-likeness (QED) is 0.912. The molecule has 1 heterocycles. The predicted octanol–water partition coefficient (Wildman–Crippen LogP) is 2.59. The molecule has 22 heavy (non-hydrogen) atoms. The minimum atomic E-state index is -0.633.